The van der Waals surface area contributed by atoms with Gasteiger partial charge >= 0.3 is 0 Å². The molecule has 202 valence electrons. The predicted molar refractivity (Wildman–Crippen MR) is 152 cm³/mol. The van der Waals surface area contributed by atoms with Crippen LogP contribution >= 0.6 is 11.3 Å². The maximum Gasteiger partial charge on any atom is 0.290 e. The Kier molecular flexibility index (Phi) is 6.74. The Labute approximate surface area is 231 Å². The molecule has 0 spiro atoms. The van der Waals surface area contributed by atoms with E-state index < -0.39 is 17.7 Å². The third-order valence-electron chi connectivity index (χ3n) is 7.82. The number of hydrogen-bond acceptors (Lipinski definition) is 7. The molecule has 1 fully saturated rings. The number of nitrogens with zero attached hydrogens (tertiary/aromatic N) is 4. The van der Waals surface area contributed by atoms with E-state index in [1.54, 1.807) is 4.90 Å². The van der Waals surface area contributed by atoms with Gasteiger partial charge in [0.2, 0.25) is 5.78 Å². The number of aliphatic hydroxyl groups is 1. The van der Waals surface area contributed by atoms with Crippen LogP contribution in [-0.2, 0) is 9.53 Å². The topological polar surface area (TPSA) is 87.4 Å². The number of hydrogen-bond donors (Lipinski definition) is 1. The summed E-state index contributed by atoms with van der Waals surface area (Å²) < 4.78 is 7.44. The zero-order valence-electron chi connectivity index (χ0n) is 22.4. The van der Waals surface area contributed by atoms with Gasteiger partial charge in [0.25, 0.3) is 5.91 Å². The summed E-state index contributed by atoms with van der Waals surface area (Å²) in [6.45, 7) is 10.1. The van der Waals surface area contributed by atoms with Gasteiger partial charge in [-0.15, -0.1) is 0 Å². The third kappa shape index (κ3) is 4.44. The van der Waals surface area contributed by atoms with Gasteiger partial charge in [0.05, 0.1) is 40.7 Å². The number of para-hydroxylation sites is 2. The Hall–Kier alpha value is -3.53. The molecule has 0 saturated carbocycles. The summed E-state index contributed by atoms with van der Waals surface area (Å²) in [4.78, 5) is 37.4. The van der Waals surface area contributed by atoms with Crippen molar-refractivity contribution in [3.8, 4) is 0 Å². The van der Waals surface area contributed by atoms with Crippen LogP contribution < -0.4 is 0 Å². The maximum absolute atomic E-state index is 14.2. The lowest BCUT2D eigenvalue weighted by atomic mass is 9.93. The van der Waals surface area contributed by atoms with Gasteiger partial charge in [0.1, 0.15) is 0 Å². The van der Waals surface area contributed by atoms with Crippen molar-refractivity contribution in [2.45, 2.75) is 32.7 Å². The van der Waals surface area contributed by atoms with Crippen molar-refractivity contribution in [2.24, 2.45) is 0 Å². The van der Waals surface area contributed by atoms with E-state index in [9.17, 15) is 14.7 Å². The zero-order chi connectivity index (χ0) is 27.3. The van der Waals surface area contributed by atoms with Crippen LogP contribution in [0.15, 0.2) is 59.9 Å². The average molecular weight is 545 g/mol. The molecule has 2 aromatic heterocycles. The summed E-state index contributed by atoms with van der Waals surface area (Å²) in [6.07, 6.45) is 0. The first-order valence-electron chi connectivity index (χ1n) is 13.4. The Morgan fingerprint density at radius 1 is 1.10 bits per heavy atom. The largest absolute Gasteiger partial charge is 0.503 e. The number of aliphatic hydroxyl groups excluding tert-OH is 1. The van der Waals surface area contributed by atoms with E-state index in [0.29, 0.717) is 42.1 Å². The van der Waals surface area contributed by atoms with Gasteiger partial charge in [-0.05, 0) is 36.1 Å². The molecule has 0 aliphatic carbocycles. The number of imidazole rings is 1. The minimum atomic E-state index is -0.669. The molecular weight excluding hydrogens is 512 g/mol. The number of benzene rings is 2. The average Bonchev–Trinajstić information content (AvgIpc) is 3.56. The number of aryl methyl sites for hydroxylation is 1. The van der Waals surface area contributed by atoms with E-state index in [4.69, 9.17) is 9.72 Å². The molecule has 2 aromatic carbocycles. The number of carbonyl (C=O) groups excluding carboxylic acids is 2. The molecule has 4 heterocycles. The van der Waals surface area contributed by atoms with Gasteiger partial charge in [-0.1, -0.05) is 61.6 Å². The van der Waals surface area contributed by atoms with E-state index in [1.807, 2.05) is 59.9 Å². The van der Waals surface area contributed by atoms with Crippen LogP contribution in [0.4, 0.5) is 0 Å². The molecule has 1 amide bonds. The highest BCUT2D eigenvalue weighted by Crippen LogP contribution is 2.41. The molecule has 0 radical (unpaired) electrons. The zero-order valence-corrected chi connectivity index (χ0v) is 23.2. The second kappa shape index (κ2) is 10.2. The molecule has 2 aliphatic heterocycles. The van der Waals surface area contributed by atoms with E-state index in [0.717, 1.165) is 35.4 Å². The number of aromatic nitrogens is 2. The molecule has 1 atom stereocenters. The molecule has 8 nitrogen and oxygen atoms in total. The molecule has 9 heteroatoms. The number of fused-ring (bicyclic) bond motifs is 3. The number of thiazole rings is 1. The van der Waals surface area contributed by atoms with Gasteiger partial charge in [0.15, 0.2) is 10.7 Å². The highest BCUT2D eigenvalue weighted by atomic mass is 32.1. The Bertz CT molecular complexity index is 1590. The number of carbonyl (C=O) groups is 2. The van der Waals surface area contributed by atoms with Crippen LogP contribution in [0, 0.1) is 6.92 Å². The lowest BCUT2D eigenvalue weighted by molar-refractivity contribution is -0.129. The summed E-state index contributed by atoms with van der Waals surface area (Å²) in [5.74, 6) is -0.944. The summed E-state index contributed by atoms with van der Waals surface area (Å²) in [5, 5.41) is 11.2. The Morgan fingerprint density at radius 2 is 1.82 bits per heavy atom. The van der Waals surface area contributed by atoms with Crippen molar-refractivity contribution in [3.63, 3.8) is 0 Å². The highest BCUT2D eigenvalue weighted by molar-refractivity contribution is 7.19. The smallest absolute Gasteiger partial charge is 0.290 e. The Balaban J connectivity index is 1.40. The summed E-state index contributed by atoms with van der Waals surface area (Å²) >= 11 is 1.29. The minimum Gasteiger partial charge on any atom is -0.503 e. The third-order valence-corrected chi connectivity index (χ3v) is 8.96. The van der Waals surface area contributed by atoms with Crippen molar-refractivity contribution in [2.75, 3.05) is 39.4 Å². The van der Waals surface area contributed by atoms with E-state index >= 15 is 0 Å². The SMILES string of the molecule is Cc1c(C(=O)C2=C(O)C(=O)N(CCN3CCOCC3)C2c2ccc(C(C)C)cc2)sc2nc3ccccc3n12. The first-order chi connectivity index (χ1) is 18.8. The van der Waals surface area contributed by atoms with E-state index in [-0.39, 0.29) is 11.4 Å². The van der Waals surface area contributed by atoms with Gasteiger partial charge in [0, 0.05) is 31.9 Å². The lowest BCUT2D eigenvalue weighted by Gasteiger charge is -2.31. The van der Waals surface area contributed by atoms with Crippen LogP contribution in [0.2, 0.25) is 0 Å². The molecular formula is C30H32N4O4S. The van der Waals surface area contributed by atoms with Gasteiger partial charge < -0.3 is 14.7 Å². The number of rotatable bonds is 7. The standard InChI is InChI=1S/C30H32N4O4S/c1-18(2)20-8-10-21(11-9-20)25-24(27(36)29(37)33(25)13-12-32-14-16-38-17-15-32)26(35)28-19(3)34-23-7-5-4-6-22(23)31-30(34)39-28/h4-11,18,25,36H,12-17H2,1-3H3. The Morgan fingerprint density at radius 3 is 2.54 bits per heavy atom. The van der Waals surface area contributed by atoms with Gasteiger partial charge in [-0.3, -0.25) is 18.9 Å². The lowest BCUT2D eigenvalue weighted by Crippen LogP contribution is -2.43. The molecule has 6 rings (SSSR count). The number of Topliss-reactive ketones (excluding diaryl/α,β-unsaturated/α-hetero) is 1. The highest BCUT2D eigenvalue weighted by Gasteiger charge is 2.44. The molecule has 1 N–H and O–H groups in total. The predicted octanol–water partition coefficient (Wildman–Crippen LogP) is 4.89. The number of ether oxygens (including phenoxy) is 1. The normalized spacial score (nSPS) is 18.8. The quantitative estimate of drug-likeness (QED) is 0.334. The second-order valence-corrected chi connectivity index (χ2v) is 11.5. The number of morpholine rings is 1. The first-order valence-corrected chi connectivity index (χ1v) is 14.2. The van der Waals surface area contributed by atoms with Crippen molar-refractivity contribution in [1.29, 1.82) is 0 Å². The van der Waals surface area contributed by atoms with E-state index in [2.05, 4.69) is 18.7 Å². The molecule has 0 bridgehead atoms. The first kappa shape index (κ1) is 25.7. The fourth-order valence-electron chi connectivity index (χ4n) is 5.60. The van der Waals surface area contributed by atoms with Crippen LogP contribution in [0.3, 0.4) is 0 Å². The second-order valence-electron chi connectivity index (χ2n) is 10.5. The van der Waals surface area contributed by atoms with Crippen molar-refractivity contribution >= 4 is 39.0 Å². The summed E-state index contributed by atoms with van der Waals surface area (Å²) in [6, 6.07) is 15.2. The molecule has 2 aliphatic rings. The van der Waals surface area contributed by atoms with Crippen LogP contribution in [0.5, 0.6) is 0 Å². The number of ketones is 1. The van der Waals surface area contributed by atoms with Gasteiger partial charge in [-0.25, -0.2) is 4.98 Å². The van der Waals surface area contributed by atoms with E-state index in [1.165, 1.54) is 16.9 Å². The van der Waals surface area contributed by atoms with Crippen LogP contribution in [-0.4, -0.2) is 75.4 Å². The van der Waals surface area contributed by atoms with Gasteiger partial charge in [-0.2, -0.15) is 0 Å². The van der Waals surface area contributed by atoms with Crippen LogP contribution in [0.1, 0.15) is 52.3 Å². The summed E-state index contributed by atoms with van der Waals surface area (Å²) in [5.41, 5.74) is 4.66. The molecule has 4 aromatic rings. The molecule has 39 heavy (non-hydrogen) atoms. The minimum absolute atomic E-state index is 0.135. The number of amides is 1. The summed E-state index contributed by atoms with van der Waals surface area (Å²) in [7, 11) is 0. The fourth-order valence-corrected chi connectivity index (χ4v) is 6.69. The maximum atomic E-state index is 14.2. The van der Waals surface area contributed by atoms with Crippen molar-refractivity contribution in [1.82, 2.24) is 19.2 Å². The van der Waals surface area contributed by atoms with Crippen molar-refractivity contribution < 1.29 is 19.4 Å². The molecule has 1 unspecified atom stereocenters. The van der Waals surface area contributed by atoms with Crippen molar-refractivity contribution in [3.05, 3.63) is 81.6 Å². The van der Waals surface area contributed by atoms with Crippen LogP contribution in [0.25, 0.3) is 16.0 Å². The monoisotopic (exact) mass is 544 g/mol. The molecule has 1 saturated heterocycles. The fraction of sp³-hybridized carbons (Fsp3) is 0.367.